The number of carbonyl (C=O) groups excluding carboxylic acids is 1. The van der Waals surface area contributed by atoms with E-state index in [0.29, 0.717) is 6.54 Å². The smallest absolute Gasteiger partial charge is 0.407 e. The molecule has 110 valence electrons. The van der Waals surface area contributed by atoms with Gasteiger partial charge in [-0.25, -0.2) is 4.79 Å². The Labute approximate surface area is 121 Å². The minimum atomic E-state index is -0.465. The van der Waals surface area contributed by atoms with Crippen LogP contribution in [0, 0.1) is 0 Å². The molecule has 0 aliphatic heterocycles. The third-order valence-electron chi connectivity index (χ3n) is 2.48. The number of hydrogen-bond donors (Lipinski definition) is 2. The first-order valence-electron chi connectivity index (χ1n) is 6.78. The fourth-order valence-electron chi connectivity index (χ4n) is 1.69. The summed E-state index contributed by atoms with van der Waals surface area (Å²) < 4.78 is 5.16. The minimum absolute atomic E-state index is 0.398. The minimum Gasteiger partial charge on any atom is -0.444 e. The molecule has 0 atom stereocenters. The molecule has 0 aliphatic carbocycles. The lowest BCUT2D eigenvalue weighted by Gasteiger charge is -2.19. The summed E-state index contributed by atoms with van der Waals surface area (Å²) in [6.07, 6.45) is 3.52. The van der Waals surface area contributed by atoms with Gasteiger partial charge in [-0.2, -0.15) is 0 Å². The Morgan fingerprint density at radius 3 is 2.65 bits per heavy atom. The molecule has 0 aromatic heterocycles. The third-order valence-corrected chi connectivity index (χ3v) is 2.48. The number of benzene rings is 1. The maximum atomic E-state index is 11.5. The van der Waals surface area contributed by atoms with Crippen molar-refractivity contribution in [3.63, 3.8) is 0 Å². The fourth-order valence-corrected chi connectivity index (χ4v) is 1.69. The topological polar surface area (TPSA) is 50.4 Å². The molecule has 0 bridgehead atoms. The molecule has 0 aliphatic rings. The molecule has 1 amide bonds. The molecule has 0 unspecified atom stereocenters. The van der Waals surface area contributed by atoms with Crippen molar-refractivity contribution in [1.82, 2.24) is 10.6 Å². The van der Waals surface area contributed by atoms with E-state index >= 15 is 0 Å². The molecule has 20 heavy (non-hydrogen) atoms. The molecule has 0 heterocycles. The molecule has 4 heteroatoms. The van der Waals surface area contributed by atoms with Gasteiger partial charge in [-0.3, -0.25) is 0 Å². The Morgan fingerprint density at radius 1 is 1.30 bits per heavy atom. The zero-order chi connectivity index (χ0) is 15.0. The Hall–Kier alpha value is -1.81. The predicted molar refractivity (Wildman–Crippen MR) is 82.5 cm³/mol. The van der Waals surface area contributed by atoms with Crippen LogP contribution < -0.4 is 10.6 Å². The van der Waals surface area contributed by atoms with Crippen LogP contribution >= 0.6 is 0 Å². The molecule has 0 fully saturated rings. The Kier molecular flexibility index (Phi) is 6.25. The highest BCUT2D eigenvalue weighted by molar-refractivity contribution is 5.68. The number of amides is 1. The Bertz CT molecular complexity index is 462. The van der Waals surface area contributed by atoms with Crippen LogP contribution in [-0.4, -0.2) is 25.3 Å². The van der Waals surface area contributed by atoms with Gasteiger partial charge in [0.2, 0.25) is 0 Å². The van der Waals surface area contributed by atoms with E-state index in [2.05, 4.69) is 22.8 Å². The zero-order valence-corrected chi connectivity index (χ0v) is 12.7. The van der Waals surface area contributed by atoms with Crippen molar-refractivity contribution >= 4 is 12.2 Å². The summed E-state index contributed by atoms with van der Waals surface area (Å²) in [5.74, 6) is 0. The number of alkyl carbamates (subject to hydrolysis) is 1. The lowest BCUT2D eigenvalue weighted by molar-refractivity contribution is 0.0534. The molecule has 4 nitrogen and oxygen atoms in total. The van der Waals surface area contributed by atoms with Crippen LogP contribution in [0.1, 0.15) is 31.9 Å². The summed E-state index contributed by atoms with van der Waals surface area (Å²) >= 11 is 0. The van der Waals surface area contributed by atoms with E-state index in [4.69, 9.17) is 4.74 Å². The summed E-state index contributed by atoms with van der Waals surface area (Å²) in [7, 11) is 1.92. The largest absolute Gasteiger partial charge is 0.444 e. The number of hydrogen-bond acceptors (Lipinski definition) is 3. The van der Waals surface area contributed by atoms with Gasteiger partial charge in [0.25, 0.3) is 0 Å². The highest BCUT2D eigenvalue weighted by atomic mass is 16.6. The average Bonchev–Trinajstić information content (AvgIpc) is 2.34. The number of carbonyl (C=O) groups is 1. The van der Waals surface area contributed by atoms with Crippen molar-refractivity contribution in [1.29, 1.82) is 0 Å². The van der Waals surface area contributed by atoms with Gasteiger partial charge in [0.1, 0.15) is 5.60 Å². The summed E-state index contributed by atoms with van der Waals surface area (Å²) in [6.45, 7) is 6.80. The number of rotatable bonds is 5. The molecule has 0 radical (unpaired) electrons. The van der Waals surface area contributed by atoms with Gasteiger partial charge in [0.05, 0.1) is 0 Å². The van der Waals surface area contributed by atoms with Crippen LogP contribution in [0.25, 0.3) is 6.08 Å². The van der Waals surface area contributed by atoms with Gasteiger partial charge < -0.3 is 15.4 Å². The van der Waals surface area contributed by atoms with Crippen LogP contribution in [0.4, 0.5) is 4.79 Å². The SMILES string of the molecule is CNCc1ccccc1C=CCNC(=O)OC(C)(C)C. The van der Waals surface area contributed by atoms with Gasteiger partial charge in [-0.1, -0.05) is 36.4 Å². The quantitative estimate of drug-likeness (QED) is 0.869. The van der Waals surface area contributed by atoms with Crippen molar-refractivity contribution in [3.8, 4) is 0 Å². The first kappa shape index (κ1) is 16.2. The lowest BCUT2D eigenvalue weighted by atomic mass is 10.1. The standard InChI is InChI=1S/C16H24N2O2/c1-16(2,3)20-15(19)18-11-7-10-13-8-5-6-9-14(13)12-17-4/h5-10,17H,11-12H2,1-4H3,(H,18,19). The zero-order valence-electron chi connectivity index (χ0n) is 12.7. The normalized spacial score (nSPS) is 11.6. The molecule has 2 N–H and O–H groups in total. The Morgan fingerprint density at radius 2 is 2.00 bits per heavy atom. The first-order chi connectivity index (χ1) is 9.42. The monoisotopic (exact) mass is 276 g/mol. The lowest BCUT2D eigenvalue weighted by Crippen LogP contribution is -2.32. The maximum Gasteiger partial charge on any atom is 0.407 e. The van der Waals surface area contributed by atoms with E-state index in [1.165, 1.54) is 5.56 Å². The summed E-state index contributed by atoms with van der Waals surface area (Å²) in [6, 6.07) is 8.15. The molecule has 0 saturated carbocycles. The fraction of sp³-hybridized carbons (Fsp3) is 0.438. The van der Waals surface area contributed by atoms with E-state index < -0.39 is 11.7 Å². The second kappa shape index (κ2) is 7.70. The summed E-state index contributed by atoms with van der Waals surface area (Å²) in [5, 5.41) is 5.83. The van der Waals surface area contributed by atoms with E-state index in [1.54, 1.807) is 0 Å². The average molecular weight is 276 g/mol. The van der Waals surface area contributed by atoms with Gasteiger partial charge in [0, 0.05) is 13.1 Å². The molecular formula is C16H24N2O2. The van der Waals surface area contributed by atoms with Gasteiger partial charge in [0.15, 0.2) is 0 Å². The molecule has 1 aromatic carbocycles. The predicted octanol–water partition coefficient (Wildman–Crippen LogP) is 2.94. The van der Waals surface area contributed by atoms with Crippen molar-refractivity contribution in [2.24, 2.45) is 0 Å². The highest BCUT2D eigenvalue weighted by Crippen LogP contribution is 2.10. The van der Waals surface area contributed by atoms with E-state index in [-0.39, 0.29) is 0 Å². The Balaban J connectivity index is 2.47. The number of nitrogens with one attached hydrogen (secondary N) is 2. The highest BCUT2D eigenvalue weighted by Gasteiger charge is 2.14. The number of ether oxygens (including phenoxy) is 1. The van der Waals surface area contributed by atoms with Crippen LogP contribution in [0.3, 0.4) is 0 Å². The van der Waals surface area contributed by atoms with Crippen molar-refractivity contribution in [2.45, 2.75) is 32.9 Å². The van der Waals surface area contributed by atoms with Gasteiger partial charge in [-0.05, 0) is 38.9 Å². The first-order valence-corrected chi connectivity index (χ1v) is 6.78. The van der Waals surface area contributed by atoms with Crippen LogP contribution in [-0.2, 0) is 11.3 Å². The van der Waals surface area contributed by atoms with Crippen molar-refractivity contribution in [2.75, 3.05) is 13.6 Å². The van der Waals surface area contributed by atoms with Crippen molar-refractivity contribution in [3.05, 3.63) is 41.5 Å². The summed E-state index contributed by atoms with van der Waals surface area (Å²) in [4.78, 5) is 11.5. The molecule has 1 aromatic rings. The molecule has 1 rings (SSSR count). The van der Waals surface area contributed by atoms with Crippen LogP contribution in [0.5, 0.6) is 0 Å². The van der Waals surface area contributed by atoms with Crippen LogP contribution in [0.15, 0.2) is 30.3 Å². The van der Waals surface area contributed by atoms with E-state index in [1.807, 2.05) is 52.1 Å². The van der Waals surface area contributed by atoms with Gasteiger partial charge >= 0.3 is 6.09 Å². The van der Waals surface area contributed by atoms with E-state index in [0.717, 1.165) is 12.1 Å². The second-order valence-corrected chi connectivity index (χ2v) is 5.51. The molecule has 0 spiro atoms. The second-order valence-electron chi connectivity index (χ2n) is 5.51. The maximum absolute atomic E-state index is 11.5. The third kappa shape index (κ3) is 6.38. The molecular weight excluding hydrogens is 252 g/mol. The van der Waals surface area contributed by atoms with Crippen LogP contribution in [0.2, 0.25) is 0 Å². The molecule has 0 saturated heterocycles. The van der Waals surface area contributed by atoms with Crippen molar-refractivity contribution < 1.29 is 9.53 Å². The summed E-state index contributed by atoms with van der Waals surface area (Å²) in [5.41, 5.74) is 1.91. The van der Waals surface area contributed by atoms with E-state index in [9.17, 15) is 4.79 Å². The van der Waals surface area contributed by atoms with Gasteiger partial charge in [-0.15, -0.1) is 0 Å².